The SMILES string of the molecule is Cc1cc(N)ccc1SC1CCOC2(CCSCC2)C1. The Morgan fingerprint density at radius 2 is 2.15 bits per heavy atom. The van der Waals surface area contributed by atoms with E-state index in [-0.39, 0.29) is 5.60 Å². The molecule has 0 radical (unpaired) electrons. The number of hydrogen-bond donors (Lipinski definition) is 1. The average Bonchev–Trinajstić information content (AvgIpc) is 2.43. The topological polar surface area (TPSA) is 35.2 Å². The molecule has 1 aromatic rings. The van der Waals surface area contributed by atoms with E-state index in [0.29, 0.717) is 5.25 Å². The molecule has 0 saturated carbocycles. The van der Waals surface area contributed by atoms with Crippen LogP contribution in [0.2, 0.25) is 0 Å². The highest BCUT2D eigenvalue weighted by molar-refractivity contribution is 8.00. The molecule has 1 spiro atoms. The van der Waals surface area contributed by atoms with Gasteiger partial charge in [-0.2, -0.15) is 11.8 Å². The van der Waals surface area contributed by atoms with Crippen molar-refractivity contribution in [2.45, 2.75) is 48.4 Å². The summed E-state index contributed by atoms with van der Waals surface area (Å²) in [6.07, 6.45) is 4.84. The van der Waals surface area contributed by atoms with Gasteiger partial charge in [0.25, 0.3) is 0 Å². The molecular formula is C16H23NOS2. The number of nitrogen functional groups attached to an aromatic ring is 1. The lowest BCUT2D eigenvalue weighted by atomic mass is 9.88. The monoisotopic (exact) mass is 309 g/mol. The van der Waals surface area contributed by atoms with Crippen LogP contribution in [0.15, 0.2) is 23.1 Å². The second-order valence-corrected chi connectivity index (χ2v) is 8.47. The molecule has 2 N–H and O–H groups in total. The van der Waals surface area contributed by atoms with Crippen molar-refractivity contribution in [2.75, 3.05) is 23.8 Å². The summed E-state index contributed by atoms with van der Waals surface area (Å²) < 4.78 is 6.18. The summed E-state index contributed by atoms with van der Waals surface area (Å²) in [7, 11) is 0. The molecule has 0 aromatic heterocycles. The smallest absolute Gasteiger partial charge is 0.0709 e. The maximum atomic E-state index is 6.18. The van der Waals surface area contributed by atoms with Crippen molar-refractivity contribution in [1.82, 2.24) is 0 Å². The van der Waals surface area contributed by atoms with Gasteiger partial charge in [-0.05, 0) is 67.9 Å². The summed E-state index contributed by atoms with van der Waals surface area (Å²) in [4.78, 5) is 1.38. The predicted molar refractivity (Wildman–Crippen MR) is 89.7 cm³/mol. The lowest BCUT2D eigenvalue weighted by molar-refractivity contribution is -0.0805. The number of anilines is 1. The lowest BCUT2D eigenvalue weighted by Crippen LogP contribution is -2.43. The Hall–Kier alpha value is -0.320. The van der Waals surface area contributed by atoms with E-state index in [0.717, 1.165) is 12.3 Å². The lowest BCUT2D eigenvalue weighted by Gasteiger charge is -2.43. The third-order valence-electron chi connectivity index (χ3n) is 4.34. The van der Waals surface area contributed by atoms with Gasteiger partial charge in [0.05, 0.1) is 5.60 Å². The molecule has 2 saturated heterocycles. The molecule has 2 aliphatic heterocycles. The van der Waals surface area contributed by atoms with E-state index in [9.17, 15) is 0 Å². The van der Waals surface area contributed by atoms with Gasteiger partial charge in [0.2, 0.25) is 0 Å². The second-order valence-electron chi connectivity index (χ2n) is 5.90. The molecule has 1 unspecified atom stereocenters. The van der Waals surface area contributed by atoms with Crippen molar-refractivity contribution in [2.24, 2.45) is 0 Å². The first-order valence-corrected chi connectivity index (χ1v) is 9.45. The highest BCUT2D eigenvalue weighted by Crippen LogP contribution is 2.43. The predicted octanol–water partition coefficient (Wildman–Crippen LogP) is 4.11. The summed E-state index contributed by atoms with van der Waals surface area (Å²) >= 11 is 4.10. The number of aryl methyl sites for hydroxylation is 1. The standard InChI is InChI=1S/C16H23NOS2/c1-12-10-13(17)2-3-15(12)20-14-4-7-18-16(11-14)5-8-19-9-6-16/h2-3,10,14H,4-9,11,17H2,1H3. The van der Waals surface area contributed by atoms with Crippen LogP contribution >= 0.6 is 23.5 Å². The van der Waals surface area contributed by atoms with Gasteiger partial charge in [-0.15, -0.1) is 11.8 Å². The van der Waals surface area contributed by atoms with Crippen molar-refractivity contribution in [3.8, 4) is 0 Å². The minimum absolute atomic E-state index is 0.183. The van der Waals surface area contributed by atoms with Crippen LogP contribution in [0.1, 0.15) is 31.2 Å². The van der Waals surface area contributed by atoms with Crippen molar-refractivity contribution in [1.29, 1.82) is 0 Å². The van der Waals surface area contributed by atoms with E-state index in [2.05, 4.69) is 30.8 Å². The van der Waals surface area contributed by atoms with Crippen LogP contribution < -0.4 is 5.73 Å². The van der Waals surface area contributed by atoms with E-state index in [1.165, 1.54) is 47.6 Å². The van der Waals surface area contributed by atoms with E-state index in [4.69, 9.17) is 10.5 Å². The second kappa shape index (κ2) is 6.20. The highest BCUT2D eigenvalue weighted by atomic mass is 32.2. The van der Waals surface area contributed by atoms with Crippen molar-refractivity contribution in [3.05, 3.63) is 23.8 Å². The molecule has 2 aliphatic rings. The molecule has 0 bridgehead atoms. The van der Waals surface area contributed by atoms with Gasteiger partial charge in [-0.3, -0.25) is 0 Å². The number of thioether (sulfide) groups is 2. The molecule has 1 atom stereocenters. The minimum Gasteiger partial charge on any atom is -0.399 e. The van der Waals surface area contributed by atoms with E-state index in [1.54, 1.807) is 0 Å². The maximum absolute atomic E-state index is 6.18. The maximum Gasteiger partial charge on any atom is 0.0709 e. The number of benzene rings is 1. The molecule has 4 heteroatoms. The van der Waals surface area contributed by atoms with Crippen LogP contribution in [-0.2, 0) is 4.74 Å². The largest absolute Gasteiger partial charge is 0.399 e. The van der Waals surface area contributed by atoms with Crippen LogP contribution in [0.5, 0.6) is 0 Å². The normalized spacial score (nSPS) is 25.8. The summed E-state index contributed by atoms with van der Waals surface area (Å²) in [6, 6.07) is 6.27. The fraction of sp³-hybridized carbons (Fsp3) is 0.625. The van der Waals surface area contributed by atoms with E-state index in [1.807, 2.05) is 17.8 Å². The molecule has 2 fully saturated rings. The Kier molecular flexibility index (Phi) is 4.53. The van der Waals surface area contributed by atoms with Crippen molar-refractivity contribution in [3.63, 3.8) is 0 Å². The van der Waals surface area contributed by atoms with Gasteiger partial charge in [0.15, 0.2) is 0 Å². The third kappa shape index (κ3) is 3.29. The van der Waals surface area contributed by atoms with Crippen molar-refractivity contribution >= 4 is 29.2 Å². The zero-order chi connectivity index (χ0) is 14.0. The van der Waals surface area contributed by atoms with E-state index >= 15 is 0 Å². The summed E-state index contributed by atoms with van der Waals surface area (Å²) in [5.41, 5.74) is 8.19. The average molecular weight is 310 g/mol. The Morgan fingerprint density at radius 3 is 2.90 bits per heavy atom. The molecule has 3 rings (SSSR count). The number of nitrogens with two attached hydrogens (primary N) is 1. The van der Waals surface area contributed by atoms with Gasteiger partial charge in [0.1, 0.15) is 0 Å². The van der Waals surface area contributed by atoms with Crippen LogP contribution in [-0.4, -0.2) is 29.0 Å². The van der Waals surface area contributed by atoms with E-state index < -0.39 is 0 Å². The van der Waals surface area contributed by atoms with Crippen molar-refractivity contribution < 1.29 is 4.74 Å². The quantitative estimate of drug-likeness (QED) is 0.834. The van der Waals surface area contributed by atoms with Gasteiger partial charge in [-0.1, -0.05) is 0 Å². The van der Waals surface area contributed by atoms with Crippen LogP contribution in [0.25, 0.3) is 0 Å². The fourth-order valence-corrected chi connectivity index (χ4v) is 5.75. The van der Waals surface area contributed by atoms with Crippen LogP contribution in [0, 0.1) is 6.92 Å². The minimum atomic E-state index is 0.183. The number of hydrogen-bond acceptors (Lipinski definition) is 4. The zero-order valence-corrected chi connectivity index (χ0v) is 13.7. The molecule has 2 heterocycles. The van der Waals surface area contributed by atoms with Gasteiger partial charge < -0.3 is 10.5 Å². The third-order valence-corrected chi connectivity index (χ3v) is 6.78. The Morgan fingerprint density at radius 1 is 1.35 bits per heavy atom. The summed E-state index contributed by atoms with van der Waals surface area (Å²) in [5.74, 6) is 2.52. The fourth-order valence-electron chi connectivity index (χ4n) is 3.16. The molecule has 1 aromatic carbocycles. The summed E-state index contributed by atoms with van der Waals surface area (Å²) in [5, 5.41) is 0.689. The Labute approximate surface area is 130 Å². The Balaban J connectivity index is 1.68. The molecule has 20 heavy (non-hydrogen) atoms. The highest BCUT2D eigenvalue weighted by Gasteiger charge is 2.39. The molecule has 0 amide bonds. The molecule has 0 aliphatic carbocycles. The summed E-state index contributed by atoms with van der Waals surface area (Å²) in [6.45, 7) is 3.08. The molecule has 2 nitrogen and oxygen atoms in total. The number of rotatable bonds is 2. The van der Waals surface area contributed by atoms with Gasteiger partial charge in [-0.25, -0.2) is 0 Å². The van der Waals surface area contributed by atoms with Crippen LogP contribution in [0.4, 0.5) is 5.69 Å². The molecular weight excluding hydrogens is 286 g/mol. The van der Waals surface area contributed by atoms with Gasteiger partial charge >= 0.3 is 0 Å². The number of ether oxygens (including phenoxy) is 1. The first kappa shape index (κ1) is 14.6. The molecule has 110 valence electrons. The Bertz CT molecular complexity index is 466. The van der Waals surface area contributed by atoms with Gasteiger partial charge in [0, 0.05) is 22.4 Å². The first-order valence-electron chi connectivity index (χ1n) is 7.41. The zero-order valence-electron chi connectivity index (χ0n) is 12.1. The first-order chi connectivity index (χ1) is 9.67. The van der Waals surface area contributed by atoms with Crippen LogP contribution in [0.3, 0.4) is 0 Å².